The molecule has 2 N–H and O–H groups in total. The molecule has 6 heteroatoms. The van der Waals surface area contributed by atoms with E-state index in [1.807, 2.05) is 18.2 Å². The van der Waals surface area contributed by atoms with Crippen molar-refractivity contribution >= 4 is 21.6 Å². The minimum Gasteiger partial charge on any atom is -0.494 e. The average Bonchev–Trinajstić information content (AvgIpc) is 3.17. The highest BCUT2D eigenvalue weighted by atomic mass is 32.1. The first-order valence-corrected chi connectivity index (χ1v) is 11.2. The Labute approximate surface area is 176 Å². The SMILES string of the molecule is CN1CCC(OC(c2cccc(OCCCN)c2)c2nc3ccccc3s2)CC1. The molecule has 0 amide bonds. The van der Waals surface area contributed by atoms with Crippen molar-refractivity contribution in [2.24, 2.45) is 5.73 Å². The van der Waals surface area contributed by atoms with Gasteiger partial charge in [-0.3, -0.25) is 0 Å². The lowest BCUT2D eigenvalue weighted by Crippen LogP contribution is -2.35. The number of rotatable bonds is 8. The maximum Gasteiger partial charge on any atom is 0.135 e. The number of nitrogens with two attached hydrogens (primary N) is 1. The van der Waals surface area contributed by atoms with Crippen molar-refractivity contribution in [3.05, 3.63) is 59.1 Å². The van der Waals surface area contributed by atoms with Crippen LogP contribution in [0.3, 0.4) is 0 Å². The zero-order valence-electron chi connectivity index (χ0n) is 16.9. The zero-order valence-corrected chi connectivity index (χ0v) is 17.7. The van der Waals surface area contributed by atoms with Crippen LogP contribution < -0.4 is 10.5 Å². The smallest absolute Gasteiger partial charge is 0.135 e. The third kappa shape index (κ3) is 5.14. The zero-order chi connectivity index (χ0) is 20.1. The molecule has 29 heavy (non-hydrogen) atoms. The van der Waals surface area contributed by atoms with E-state index in [2.05, 4.69) is 42.3 Å². The molecule has 1 unspecified atom stereocenters. The molecule has 0 saturated carbocycles. The van der Waals surface area contributed by atoms with Crippen LogP contribution in [0.15, 0.2) is 48.5 Å². The number of thiazole rings is 1. The molecule has 154 valence electrons. The topological polar surface area (TPSA) is 60.6 Å². The summed E-state index contributed by atoms with van der Waals surface area (Å²) in [5, 5.41) is 1.00. The maximum absolute atomic E-state index is 6.67. The maximum atomic E-state index is 6.67. The molecule has 1 atom stereocenters. The monoisotopic (exact) mass is 411 g/mol. The van der Waals surface area contributed by atoms with Gasteiger partial charge in [0.15, 0.2) is 0 Å². The third-order valence-corrected chi connectivity index (χ3v) is 6.39. The Hall–Kier alpha value is -1.99. The van der Waals surface area contributed by atoms with Gasteiger partial charge in [-0.2, -0.15) is 0 Å². The molecule has 3 aromatic rings. The lowest BCUT2D eigenvalue weighted by Gasteiger charge is -2.31. The minimum atomic E-state index is -0.182. The number of likely N-dealkylation sites (tertiary alicyclic amines) is 1. The highest BCUT2D eigenvalue weighted by molar-refractivity contribution is 7.18. The van der Waals surface area contributed by atoms with Crippen LogP contribution in [0.4, 0.5) is 0 Å². The van der Waals surface area contributed by atoms with E-state index in [0.29, 0.717) is 13.2 Å². The molecule has 1 aliphatic heterocycles. The molecule has 1 aliphatic rings. The highest BCUT2D eigenvalue weighted by Crippen LogP contribution is 2.36. The highest BCUT2D eigenvalue weighted by Gasteiger charge is 2.26. The molecule has 0 spiro atoms. The second-order valence-corrected chi connectivity index (χ2v) is 8.66. The Morgan fingerprint density at radius 1 is 1.17 bits per heavy atom. The fourth-order valence-electron chi connectivity index (χ4n) is 3.64. The molecular formula is C23H29N3O2S. The first-order valence-electron chi connectivity index (χ1n) is 10.4. The fraction of sp³-hybridized carbons (Fsp3) is 0.435. The molecule has 4 rings (SSSR count). The molecular weight excluding hydrogens is 382 g/mol. The largest absolute Gasteiger partial charge is 0.494 e. The Morgan fingerprint density at radius 3 is 2.79 bits per heavy atom. The summed E-state index contributed by atoms with van der Waals surface area (Å²) in [7, 11) is 2.17. The number of hydrogen-bond donors (Lipinski definition) is 1. The van der Waals surface area contributed by atoms with Crippen LogP contribution in [0.2, 0.25) is 0 Å². The molecule has 1 aromatic heterocycles. The van der Waals surface area contributed by atoms with Crippen molar-refractivity contribution in [3.8, 4) is 5.75 Å². The van der Waals surface area contributed by atoms with E-state index in [4.69, 9.17) is 20.2 Å². The van der Waals surface area contributed by atoms with Crippen LogP contribution in [0.5, 0.6) is 5.75 Å². The quantitative estimate of drug-likeness (QED) is 0.562. The first kappa shape index (κ1) is 20.3. The van der Waals surface area contributed by atoms with Crippen LogP contribution >= 0.6 is 11.3 Å². The Morgan fingerprint density at radius 2 is 2.00 bits per heavy atom. The van der Waals surface area contributed by atoms with E-state index in [1.54, 1.807) is 11.3 Å². The Balaban J connectivity index is 1.61. The van der Waals surface area contributed by atoms with Gasteiger partial charge in [-0.25, -0.2) is 4.98 Å². The lowest BCUT2D eigenvalue weighted by molar-refractivity contribution is -0.0235. The number of para-hydroxylation sites is 1. The second kappa shape index (κ2) is 9.67. The standard InChI is InChI=1S/C23H29N3O2S/c1-26-13-10-18(11-14-26)28-22(23-25-20-8-2-3-9-21(20)29-23)17-6-4-7-19(16-17)27-15-5-12-24/h2-4,6-9,16,18,22H,5,10-15,24H2,1H3. The number of benzene rings is 2. The predicted molar refractivity (Wildman–Crippen MR) is 119 cm³/mol. The molecule has 1 fully saturated rings. The predicted octanol–water partition coefficient (Wildman–Crippen LogP) is 4.22. The third-order valence-electron chi connectivity index (χ3n) is 5.31. The van der Waals surface area contributed by atoms with Crippen LogP contribution in [0.25, 0.3) is 10.2 Å². The van der Waals surface area contributed by atoms with E-state index in [1.165, 1.54) is 4.70 Å². The number of hydrogen-bond acceptors (Lipinski definition) is 6. The van der Waals surface area contributed by atoms with Gasteiger partial charge in [-0.15, -0.1) is 11.3 Å². The van der Waals surface area contributed by atoms with Crippen molar-refractivity contribution in [2.45, 2.75) is 31.5 Å². The molecule has 0 aliphatic carbocycles. The van der Waals surface area contributed by atoms with E-state index in [0.717, 1.165) is 54.2 Å². The van der Waals surface area contributed by atoms with Crippen LogP contribution in [0.1, 0.15) is 35.9 Å². The number of ether oxygens (including phenoxy) is 2. The molecule has 5 nitrogen and oxygen atoms in total. The number of aromatic nitrogens is 1. The van der Waals surface area contributed by atoms with Gasteiger partial charge in [-0.1, -0.05) is 24.3 Å². The summed E-state index contributed by atoms with van der Waals surface area (Å²) in [4.78, 5) is 7.26. The normalized spacial score (nSPS) is 16.9. The molecule has 0 bridgehead atoms. The summed E-state index contributed by atoms with van der Waals surface area (Å²) < 4.78 is 13.7. The van der Waals surface area contributed by atoms with Gasteiger partial charge in [0.1, 0.15) is 16.9 Å². The Kier molecular flexibility index (Phi) is 6.77. The van der Waals surface area contributed by atoms with Gasteiger partial charge in [-0.05, 0) is 62.7 Å². The molecule has 2 heterocycles. The van der Waals surface area contributed by atoms with E-state index in [9.17, 15) is 0 Å². The van der Waals surface area contributed by atoms with Crippen LogP contribution in [0, 0.1) is 0 Å². The lowest BCUT2D eigenvalue weighted by atomic mass is 10.1. The summed E-state index contributed by atoms with van der Waals surface area (Å²) in [5.41, 5.74) is 7.71. The van der Waals surface area contributed by atoms with Crippen molar-refractivity contribution in [1.29, 1.82) is 0 Å². The van der Waals surface area contributed by atoms with Gasteiger partial charge in [0.2, 0.25) is 0 Å². The molecule has 2 aromatic carbocycles. The summed E-state index contributed by atoms with van der Waals surface area (Å²) in [6.07, 6.45) is 3.00. The van der Waals surface area contributed by atoms with Crippen LogP contribution in [-0.4, -0.2) is 49.3 Å². The Bertz CT molecular complexity index is 888. The first-order chi connectivity index (χ1) is 14.2. The van der Waals surface area contributed by atoms with Gasteiger partial charge in [0, 0.05) is 13.1 Å². The fourth-order valence-corrected chi connectivity index (χ4v) is 4.67. The van der Waals surface area contributed by atoms with E-state index in [-0.39, 0.29) is 12.2 Å². The molecule has 0 radical (unpaired) electrons. The summed E-state index contributed by atoms with van der Waals surface area (Å²) in [5.74, 6) is 0.856. The van der Waals surface area contributed by atoms with Gasteiger partial charge < -0.3 is 20.1 Å². The number of nitrogens with zero attached hydrogens (tertiary/aromatic N) is 2. The van der Waals surface area contributed by atoms with Crippen molar-refractivity contribution < 1.29 is 9.47 Å². The van der Waals surface area contributed by atoms with E-state index < -0.39 is 0 Å². The average molecular weight is 412 g/mol. The molecule has 1 saturated heterocycles. The summed E-state index contributed by atoms with van der Waals surface area (Å²) >= 11 is 1.71. The van der Waals surface area contributed by atoms with E-state index >= 15 is 0 Å². The number of piperidine rings is 1. The minimum absolute atomic E-state index is 0.182. The summed E-state index contributed by atoms with van der Waals surface area (Å²) in [6, 6.07) is 16.5. The second-order valence-electron chi connectivity index (χ2n) is 7.60. The van der Waals surface area contributed by atoms with Crippen molar-refractivity contribution in [2.75, 3.05) is 33.3 Å². The van der Waals surface area contributed by atoms with Crippen LogP contribution in [-0.2, 0) is 4.74 Å². The number of fused-ring (bicyclic) bond motifs is 1. The van der Waals surface area contributed by atoms with Crippen molar-refractivity contribution in [3.63, 3.8) is 0 Å². The van der Waals surface area contributed by atoms with Gasteiger partial charge in [0.25, 0.3) is 0 Å². The summed E-state index contributed by atoms with van der Waals surface area (Å²) in [6.45, 7) is 3.40. The van der Waals surface area contributed by atoms with Gasteiger partial charge >= 0.3 is 0 Å². The van der Waals surface area contributed by atoms with Crippen molar-refractivity contribution in [1.82, 2.24) is 9.88 Å². The van der Waals surface area contributed by atoms with Gasteiger partial charge in [0.05, 0.1) is 22.9 Å².